The molecule has 1 heterocycles. The first-order valence-electron chi connectivity index (χ1n) is 7.50. The number of hydrogen-bond acceptors (Lipinski definition) is 2. The first kappa shape index (κ1) is 12.9. The molecule has 0 amide bonds. The van der Waals surface area contributed by atoms with Crippen LogP contribution < -0.4 is 5.32 Å². The largest absolute Gasteiger partial charge is 0.375 e. The molecule has 1 aliphatic heterocycles. The Bertz CT molecular complexity index is 452. The molecular weight excluding hydrogens is 234 g/mol. The van der Waals surface area contributed by atoms with Crippen LogP contribution in [0.3, 0.4) is 0 Å². The van der Waals surface area contributed by atoms with E-state index in [1.54, 1.807) is 5.57 Å². The standard InChI is InChI=1S/C17H23NO/c1-2-6-14(7-3-1)10-11-18-17-13-19-12-15-8-4-5-9-16(15)17/h4-6,8-9,17-18H,1-3,7,10-13H2. The second kappa shape index (κ2) is 6.36. The highest BCUT2D eigenvalue weighted by Gasteiger charge is 2.19. The van der Waals surface area contributed by atoms with Crippen molar-refractivity contribution in [3.63, 3.8) is 0 Å². The normalized spacial score (nSPS) is 22.7. The summed E-state index contributed by atoms with van der Waals surface area (Å²) in [7, 11) is 0. The van der Waals surface area contributed by atoms with Gasteiger partial charge in [-0.2, -0.15) is 0 Å². The molecule has 0 fully saturated rings. The van der Waals surface area contributed by atoms with Crippen molar-refractivity contribution < 1.29 is 4.74 Å². The molecule has 1 atom stereocenters. The summed E-state index contributed by atoms with van der Waals surface area (Å²) < 4.78 is 5.67. The van der Waals surface area contributed by atoms with E-state index in [-0.39, 0.29) is 0 Å². The maximum absolute atomic E-state index is 5.67. The summed E-state index contributed by atoms with van der Waals surface area (Å²) in [5.74, 6) is 0. The van der Waals surface area contributed by atoms with E-state index in [0.29, 0.717) is 6.04 Å². The zero-order chi connectivity index (χ0) is 12.9. The van der Waals surface area contributed by atoms with E-state index in [9.17, 15) is 0 Å². The number of fused-ring (bicyclic) bond motifs is 1. The molecule has 1 aromatic carbocycles. The molecule has 2 heteroatoms. The highest BCUT2D eigenvalue weighted by Crippen LogP contribution is 2.25. The molecule has 1 unspecified atom stereocenters. The minimum Gasteiger partial charge on any atom is -0.375 e. The van der Waals surface area contributed by atoms with E-state index in [0.717, 1.165) is 19.8 Å². The fourth-order valence-electron chi connectivity index (χ4n) is 3.09. The molecule has 0 spiro atoms. The Morgan fingerprint density at radius 3 is 3.05 bits per heavy atom. The van der Waals surface area contributed by atoms with E-state index in [2.05, 4.69) is 35.7 Å². The van der Waals surface area contributed by atoms with Crippen LogP contribution in [0.2, 0.25) is 0 Å². The zero-order valence-electron chi connectivity index (χ0n) is 11.5. The number of allylic oxidation sites excluding steroid dienone is 1. The van der Waals surface area contributed by atoms with Crippen molar-refractivity contribution in [1.82, 2.24) is 5.32 Å². The first-order chi connectivity index (χ1) is 9.43. The SMILES string of the molecule is C1=C(CCNC2COCc3ccccc32)CCCC1. The summed E-state index contributed by atoms with van der Waals surface area (Å²) in [4.78, 5) is 0. The van der Waals surface area contributed by atoms with Gasteiger partial charge in [-0.25, -0.2) is 0 Å². The Labute approximate surface area is 115 Å². The van der Waals surface area contributed by atoms with Gasteiger partial charge in [0.25, 0.3) is 0 Å². The Morgan fingerprint density at radius 1 is 1.21 bits per heavy atom. The number of benzene rings is 1. The molecule has 19 heavy (non-hydrogen) atoms. The lowest BCUT2D eigenvalue weighted by molar-refractivity contribution is 0.0823. The van der Waals surface area contributed by atoms with Crippen LogP contribution in [-0.2, 0) is 11.3 Å². The Morgan fingerprint density at radius 2 is 2.16 bits per heavy atom. The van der Waals surface area contributed by atoms with Gasteiger partial charge in [0.05, 0.1) is 19.3 Å². The maximum atomic E-state index is 5.67. The summed E-state index contributed by atoms with van der Waals surface area (Å²) in [5.41, 5.74) is 4.40. The summed E-state index contributed by atoms with van der Waals surface area (Å²) in [6, 6.07) is 9.00. The Hall–Kier alpha value is -1.12. The van der Waals surface area contributed by atoms with Crippen LogP contribution in [0.5, 0.6) is 0 Å². The summed E-state index contributed by atoms with van der Waals surface area (Å²) in [6.45, 7) is 2.63. The monoisotopic (exact) mass is 257 g/mol. The molecule has 0 saturated carbocycles. The highest BCUT2D eigenvalue weighted by molar-refractivity contribution is 5.31. The van der Waals surface area contributed by atoms with E-state index in [1.165, 1.54) is 43.2 Å². The van der Waals surface area contributed by atoms with Gasteiger partial charge in [-0.05, 0) is 49.8 Å². The van der Waals surface area contributed by atoms with Gasteiger partial charge in [-0.15, -0.1) is 0 Å². The summed E-state index contributed by atoms with van der Waals surface area (Å²) in [6.07, 6.45) is 8.97. The molecule has 0 radical (unpaired) electrons. The molecule has 0 saturated heterocycles. The van der Waals surface area contributed by atoms with Crippen molar-refractivity contribution in [3.05, 3.63) is 47.0 Å². The molecule has 0 bridgehead atoms. The summed E-state index contributed by atoms with van der Waals surface area (Å²) >= 11 is 0. The number of rotatable bonds is 4. The maximum Gasteiger partial charge on any atom is 0.0721 e. The van der Waals surface area contributed by atoms with Crippen LogP contribution in [-0.4, -0.2) is 13.2 Å². The molecule has 3 rings (SSSR count). The zero-order valence-corrected chi connectivity index (χ0v) is 11.5. The van der Waals surface area contributed by atoms with Gasteiger partial charge in [-0.3, -0.25) is 0 Å². The number of hydrogen-bond donors (Lipinski definition) is 1. The van der Waals surface area contributed by atoms with Crippen molar-refractivity contribution in [2.45, 2.75) is 44.8 Å². The van der Waals surface area contributed by atoms with Crippen molar-refractivity contribution in [3.8, 4) is 0 Å². The van der Waals surface area contributed by atoms with Crippen molar-refractivity contribution in [1.29, 1.82) is 0 Å². The molecule has 2 nitrogen and oxygen atoms in total. The fourth-order valence-corrected chi connectivity index (χ4v) is 3.09. The lowest BCUT2D eigenvalue weighted by Crippen LogP contribution is -2.30. The average molecular weight is 257 g/mol. The Kier molecular flexibility index (Phi) is 4.31. The van der Waals surface area contributed by atoms with Crippen LogP contribution in [0.25, 0.3) is 0 Å². The van der Waals surface area contributed by atoms with Crippen molar-refractivity contribution >= 4 is 0 Å². The van der Waals surface area contributed by atoms with Crippen molar-refractivity contribution in [2.75, 3.05) is 13.2 Å². The van der Waals surface area contributed by atoms with Gasteiger partial charge in [0.15, 0.2) is 0 Å². The second-order valence-corrected chi connectivity index (χ2v) is 5.58. The molecule has 2 aliphatic rings. The highest BCUT2D eigenvalue weighted by atomic mass is 16.5. The quantitative estimate of drug-likeness (QED) is 0.830. The van der Waals surface area contributed by atoms with Gasteiger partial charge in [0.1, 0.15) is 0 Å². The fraction of sp³-hybridized carbons (Fsp3) is 0.529. The Balaban J connectivity index is 1.55. The lowest BCUT2D eigenvalue weighted by Gasteiger charge is -2.27. The first-order valence-corrected chi connectivity index (χ1v) is 7.50. The summed E-state index contributed by atoms with van der Waals surface area (Å²) in [5, 5.41) is 3.66. The molecule has 1 aliphatic carbocycles. The van der Waals surface area contributed by atoms with Crippen LogP contribution in [0.15, 0.2) is 35.9 Å². The average Bonchev–Trinajstić information content (AvgIpc) is 2.49. The third kappa shape index (κ3) is 3.26. The van der Waals surface area contributed by atoms with E-state index >= 15 is 0 Å². The molecule has 1 aromatic rings. The van der Waals surface area contributed by atoms with Crippen LogP contribution in [0.1, 0.15) is 49.3 Å². The predicted octanol–water partition coefficient (Wildman–Crippen LogP) is 3.74. The lowest BCUT2D eigenvalue weighted by atomic mass is 9.96. The smallest absolute Gasteiger partial charge is 0.0721 e. The van der Waals surface area contributed by atoms with Gasteiger partial charge >= 0.3 is 0 Å². The van der Waals surface area contributed by atoms with E-state index in [4.69, 9.17) is 4.74 Å². The van der Waals surface area contributed by atoms with Crippen LogP contribution >= 0.6 is 0 Å². The van der Waals surface area contributed by atoms with E-state index in [1.807, 2.05) is 0 Å². The van der Waals surface area contributed by atoms with Gasteiger partial charge < -0.3 is 10.1 Å². The van der Waals surface area contributed by atoms with Crippen LogP contribution in [0, 0.1) is 0 Å². The topological polar surface area (TPSA) is 21.3 Å². The molecule has 1 N–H and O–H groups in total. The second-order valence-electron chi connectivity index (χ2n) is 5.58. The van der Waals surface area contributed by atoms with Crippen molar-refractivity contribution in [2.24, 2.45) is 0 Å². The minimum absolute atomic E-state index is 0.370. The van der Waals surface area contributed by atoms with E-state index < -0.39 is 0 Å². The minimum atomic E-state index is 0.370. The van der Waals surface area contributed by atoms with Gasteiger partial charge in [-0.1, -0.05) is 35.9 Å². The molecule has 102 valence electrons. The third-order valence-corrected chi connectivity index (χ3v) is 4.19. The third-order valence-electron chi connectivity index (χ3n) is 4.19. The molecule has 0 aromatic heterocycles. The van der Waals surface area contributed by atoms with Gasteiger partial charge in [0.2, 0.25) is 0 Å². The molecular formula is C17H23NO. The number of nitrogens with one attached hydrogen (secondary N) is 1. The van der Waals surface area contributed by atoms with Crippen LogP contribution in [0.4, 0.5) is 0 Å². The number of ether oxygens (including phenoxy) is 1. The predicted molar refractivity (Wildman–Crippen MR) is 78.0 cm³/mol. The van der Waals surface area contributed by atoms with Gasteiger partial charge in [0, 0.05) is 0 Å².